The first-order valence-corrected chi connectivity index (χ1v) is 6.77. The number of aromatic nitrogens is 1. The van der Waals surface area contributed by atoms with Crippen LogP contribution in [0.2, 0.25) is 0 Å². The third-order valence-corrected chi connectivity index (χ3v) is 3.94. The lowest BCUT2D eigenvalue weighted by Gasteiger charge is -2.16. The lowest BCUT2D eigenvalue weighted by atomic mass is 9.99. The van der Waals surface area contributed by atoms with Gasteiger partial charge in [-0.1, -0.05) is 18.3 Å². The number of carbonyl (C=O) groups excluding carboxylic acids is 1. The molecule has 104 valence electrons. The maximum Gasteiger partial charge on any atom is 0.317 e. The second kappa shape index (κ2) is 5.43. The topological polar surface area (TPSA) is 103 Å². The summed E-state index contributed by atoms with van der Waals surface area (Å²) >= 11 is 1.04. The second-order valence-corrected chi connectivity index (χ2v) is 5.50. The third-order valence-electron chi connectivity index (χ3n) is 3.22. The Morgan fingerprint density at radius 2 is 2.32 bits per heavy atom. The number of amides is 2. The molecule has 7 nitrogen and oxygen atoms in total. The van der Waals surface area contributed by atoms with Gasteiger partial charge in [-0.25, -0.2) is 4.79 Å². The molecule has 0 spiro atoms. The number of rotatable bonds is 3. The molecule has 1 aromatic rings. The van der Waals surface area contributed by atoms with Gasteiger partial charge in [0.1, 0.15) is 0 Å². The highest BCUT2D eigenvalue weighted by Gasteiger charge is 2.36. The normalized spacial score (nSPS) is 22.5. The number of carbonyl (C=O) groups is 2. The minimum atomic E-state index is -0.870. The van der Waals surface area contributed by atoms with Crippen molar-refractivity contribution in [3.8, 4) is 0 Å². The summed E-state index contributed by atoms with van der Waals surface area (Å²) in [6.45, 7) is 2.72. The summed E-state index contributed by atoms with van der Waals surface area (Å²) in [7, 11) is 0. The van der Waals surface area contributed by atoms with Gasteiger partial charge in [-0.15, -0.1) is 0 Å². The minimum absolute atomic E-state index is 0.0517. The van der Waals surface area contributed by atoms with Crippen molar-refractivity contribution in [3.63, 3.8) is 0 Å². The molecule has 3 N–H and O–H groups in total. The maximum atomic E-state index is 11.9. The van der Waals surface area contributed by atoms with Gasteiger partial charge in [0.05, 0.1) is 12.5 Å². The number of likely N-dealkylation sites (tertiary alicyclic amines) is 1. The van der Waals surface area contributed by atoms with Gasteiger partial charge in [-0.2, -0.15) is 0 Å². The standard InChI is InChI=1S/C11H15N3O4S/c1-6-3-14(4-8(6)9(15)16)10(17)12-2-7-5-19-11(18)13-7/h5-6,8H,2-4H2,1H3,(H,12,17)(H,13,18)(H,15,16)/t6-,8-/m1/s1. The molecule has 19 heavy (non-hydrogen) atoms. The molecule has 0 unspecified atom stereocenters. The molecule has 0 aromatic carbocycles. The Balaban J connectivity index is 1.87. The molecule has 2 amide bonds. The van der Waals surface area contributed by atoms with Gasteiger partial charge < -0.3 is 20.3 Å². The molecule has 1 aliphatic heterocycles. The molecule has 0 bridgehead atoms. The highest BCUT2D eigenvalue weighted by molar-refractivity contribution is 7.07. The lowest BCUT2D eigenvalue weighted by molar-refractivity contribution is -0.142. The van der Waals surface area contributed by atoms with E-state index in [0.29, 0.717) is 12.2 Å². The third kappa shape index (κ3) is 3.14. The van der Waals surface area contributed by atoms with Crippen LogP contribution in [0.5, 0.6) is 0 Å². The molecule has 2 atom stereocenters. The fourth-order valence-corrected chi connectivity index (χ4v) is 2.72. The maximum absolute atomic E-state index is 11.9. The number of carboxylic acid groups (broad SMARTS) is 1. The van der Waals surface area contributed by atoms with Gasteiger partial charge in [0.25, 0.3) is 0 Å². The average molecular weight is 285 g/mol. The van der Waals surface area contributed by atoms with Crippen LogP contribution in [0.1, 0.15) is 12.6 Å². The lowest BCUT2D eigenvalue weighted by Crippen LogP contribution is -2.38. The molecule has 1 saturated heterocycles. The van der Waals surface area contributed by atoms with Crippen LogP contribution in [0.15, 0.2) is 10.2 Å². The predicted molar refractivity (Wildman–Crippen MR) is 69.0 cm³/mol. The van der Waals surface area contributed by atoms with Gasteiger partial charge in [0.15, 0.2) is 0 Å². The first kappa shape index (κ1) is 13.6. The first-order valence-electron chi connectivity index (χ1n) is 5.89. The Kier molecular flexibility index (Phi) is 3.89. The Labute approximate surface area is 113 Å². The van der Waals surface area contributed by atoms with E-state index >= 15 is 0 Å². The van der Waals surface area contributed by atoms with E-state index < -0.39 is 11.9 Å². The van der Waals surface area contributed by atoms with Crippen molar-refractivity contribution in [2.75, 3.05) is 13.1 Å². The molecular formula is C11H15N3O4S. The van der Waals surface area contributed by atoms with Crippen LogP contribution in [0.25, 0.3) is 0 Å². The Bertz CT molecular complexity index is 538. The second-order valence-electron chi connectivity index (χ2n) is 4.66. The van der Waals surface area contributed by atoms with Crippen molar-refractivity contribution in [2.24, 2.45) is 11.8 Å². The molecule has 0 aliphatic carbocycles. The number of nitrogens with one attached hydrogen (secondary N) is 2. The van der Waals surface area contributed by atoms with Crippen LogP contribution < -0.4 is 10.2 Å². The van der Waals surface area contributed by atoms with E-state index in [1.165, 1.54) is 4.90 Å². The molecule has 1 fully saturated rings. The van der Waals surface area contributed by atoms with Crippen molar-refractivity contribution in [1.82, 2.24) is 15.2 Å². The number of hydrogen-bond donors (Lipinski definition) is 3. The number of urea groups is 1. The highest BCUT2D eigenvalue weighted by Crippen LogP contribution is 2.22. The van der Waals surface area contributed by atoms with Crippen molar-refractivity contribution in [2.45, 2.75) is 13.5 Å². The van der Waals surface area contributed by atoms with Crippen LogP contribution in [0.3, 0.4) is 0 Å². The summed E-state index contributed by atoms with van der Waals surface area (Å²) in [4.78, 5) is 37.7. The molecular weight excluding hydrogens is 270 g/mol. The Morgan fingerprint density at radius 3 is 2.84 bits per heavy atom. The average Bonchev–Trinajstić information content (AvgIpc) is 2.92. The molecule has 8 heteroatoms. The zero-order chi connectivity index (χ0) is 14.0. The van der Waals surface area contributed by atoms with Gasteiger partial charge in [-0.3, -0.25) is 9.59 Å². The SMILES string of the molecule is C[C@@H]1CN(C(=O)NCc2csc(=O)[nH]2)C[C@H]1C(=O)O. The summed E-state index contributed by atoms with van der Waals surface area (Å²) in [5.41, 5.74) is 0.644. The van der Waals surface area contributed by atoms with E-state index in [4.69, 9.17) is 5.11 Å². The summed E-state index contributed by atoms with van der Waals surface area (Å²) in [5, 5.41) is 13.3. The zero-order valence-corrected chi connectivity index (χ0v) is 11.2. The number of nitrogens with zero attached hydrogens (tertiary/aromatic N) is 1. The predicted octanol–water partition coefficient (Wildman–Crippen LogP) is 0.298. The molecule has 0 saturated carbocycles. The quantitative estimate of drug-likeness (QED) is 0.743. The van der Waals surface area contributed by atoms with Crippen LogP contribution in [0.4, 0.5) is 4.79 Å². The van der Waals surface area contributed by atoms with E-state index in [-0.39, 0.29) is 29.9 Å². The van der Waals surface area contributed by atoms with Gasteiger partial charge in [0.2, 0.25) is 0 Å². The van der Waals surface area contributed by atoms with Crippen LogP contribution in [-0.4, -0.2) is 40.1 Å². The van der Waals surface area contributed by atoms with Gasteiger partial charge in [0, 0.05) is 24.2 Å². The van der Waals surface area contributed by atoms with Crippen LogP contribution in [0, 0.1) is 11.8 Å². The van der Waals surface area contributed by atoms with Crippen molar-refractivity contribution in [1.29, 1.82) is 0 Å². The van der Waals surface area contributed by atoms with E-state index in [1.54, 1.807) is 5.38 Å². The van der Waals surface area contributed by atoms with Gasteiger partial charge >= 0.3 is 16.9 Å². The summed E-state index contributed by atoms with van der Waals surface area (Å²) in [6, 6.07) is -0.303. The van der Waals surface area contributed by atoms with Crippen molar-refractivity contribution < 1.29 is 14.7 Å². The van der Waals surface area contributed by atoms with E-state index in [1.807, 2.05) is 6.92 Å². The highest BCUT2D eigenvalue weighted by atomic mass is 32.1. The summed E-state index contributed by atoms with van der Waals surface area (Å²) < 4.78 is 0. The Hall–Kier alpha value is -1.83. The first-order chi connectivity index (χ1) is 8.97. The molecule has 2 heterocycles. The van der Waals surface area contributed by atoms with Crippen molar-refractivity contribution >= 4 is 23.3 Å². The zero-order valence-electron chi connectivity index (χ0n) is 10.4. The van der Waals surface area contributed by atoms with Gasteiger partial charge in [-0.05, 0) is 5.92 Å². The number of aromatic amines is 1. The number of carboxylic acids is 1. The Morgan fingerprint density at radius 1 is 1.58 bits per heavy atom. The molecule has 1 aromatic heterocycles. The molecule has 0 radical (unpaired) electrons. The van der Waals surface area contributed by atoms with Crippen LogP contribution in [-0.2, 0) is 11.3 Å². The fraction of sp³-hybridized carbons (Fsp3) is 0.545. The smallest absolute Gasteiger partial charge is 0.317 e. The molecule has 1 aliphatic rings. The fourth-order valence-electron chi connectivity index (χ4n) is 2.14. The minimum Gasteiger partial charge on any atom is -0.481 e. The monoisotopic (exact) mass is 285 g/mol. The van der Waals surface area contributed by atoms with E-state index in [2.05, 4.69) is 10.3 Å². The van der Waals surface area contributed by atoms with Crippen LogP contribution >= 0.6 is 11.3 Å². The molecule has 2 rings (SSSR count). The number of aliphatic carboxylic acids is 1. The number of thiazole rings is 1. The van der Waals surface area contributed by atoms with Crippen molar-refractivity contribution in [3.05, 3.63) is 20.7 Å². The summed E-state index contributed by atoms with van der Waals surface area (Å²) in [6.07, 6.45) is 0. The largest absolute Gasteiger partial charge is 0.481 e. The number of hydrogen-bond acceptors (Lipinski definition) is 4. The summed E-state index contributed by atoms with van der Waals surface area (Å²) in [5.74, 6) is -1.43. The van der Waals surface area contributed by atoms with E-state index in [9.17, 15) is 14.4 Å². The van der Waals surface area contributed by atoms with E-state index in [0.717, 1.165) is 11.3 Å². The number of H-pyrrole nitrogens is 1.